The van der Waals surface area contributed by atoms with E-state index < -0.39 is 17.7 Å². The number of aromatic nitrogens is 2. The second kappa shape index (κ2) is 8.11. The van der Waals surface area contributed by atoms with E-state index in [1.807, 2.05) is 0 Å². The monoisotopic (exact) mass is 371 g/mol. The maximum absolute atomic E-state index is 13.0. The summed E-state index contributed by atoms with van der Waals surface area (Å²) in [5.74, 6) is -1.03. The fourth-order valence-corrected chi connectivity index (χ4v) is 2.46. The first-order valence-electron chi connectivity index (χ1n) is 7.02. The number of hydrogen-bond donors (Lipinski definition) is 1. The number of carbonyl (C=O) groups is 1. The van der Waals surface area contributed by atoms with Crippen LogP contribution in [0.4, 0.5) is 17.6 Å². The predicted octanol–water partition coefficient (Wildman–Crippen LogP) is 3.70. The van der Waals surface area contributed by atoms with Gasteiger partial charge < -0.3 is 5.32 Å². The lowest BCUT2D eigenvalue weighted by molar-refractivity contribution is -0.141. The molecule has 0 fully saturated rings. The lowest BCUT2D eigenvalue weighted by atomic mass is 10.1. The van der Waals surface area contributed by atoms with Crippen molar-refractivity contribution in [1.82, 2.24) is 15.3 Å². The molecular formula is C16H13F4N3OS. The highest BCUT2D eigenvalue weighted by molar-refractivity contribution is 7.99. The lowest BCUT2D eigenvalue weighted by Gasteiger charge is -2.10. The molecule has 0 aliphatic rings. The van der Waals surface area contributed by atoms with E-state index in [2.05, 4.69) is 21.9 Å². The van der Waals surface area contributed by atoms with Gasteiger partial charge in [0, 0.05) is 12.1 Å². The number of benzene rings is 1. The number of nitrogens with one attached hydrogen (secondary N) is 1. The third-order valence-electron chi connectivity index (χ3n) is 2.91. The van der Waals surface area contributed by atoms with Crippen LogP contribution in [-0.2, 0) is 11.0 Å². The average molecular weight is 371 g/mol. The molecule has 9 heteroatoms. The molecule has 4 nitrogen and oxygen atoms in total. The normalized spacial score (nSPS) is 11.2. The van der Waals surface area contributed by atoms with Gasteiger partial charge in [-0.05, 0) is 30.3 Å². The fraction of sp³-hybridized carbons (Fsp3) is 0.188. The zero-order chi connectivity index (χ0) is 18.4. The SMILES string of the molecule is C=CCNC(=O)CSc1nc(-c2ccc(F)cc2)cc(C(F)(F)F)n1. The number of amides is 1. The molecule has 25 heavy (non-hydrogen) atoms. The van der Waals surface area contributed by atoms with Gasteiger partial charge in [-0.25, -0.2) is 14.4 Å². The highest BCUT2D eigenvalue weighted by Gasteiger charge is 2.34. The van der Waals surface area contributed by atoms with E-state index in [0.29, 0.717) is 5.56 Å². The van der Waals surface area contributed by atoms with Crippen molar-refractivity contribution < 1.29 is 22.4 Å². The van der Waals surface area contributed by atoms with Gasteiger partial charge in [0.15, 0.2) is 5.16 Å². The molecule has 2 aromatic rings. The second-order valence-corrected chi connectivity index (χ2v) is 5.75. The van der Waals surface area contributed by atoms with E-state index in [-0.39, 0.29) is 29.1 Å². The summed E-state index contributed by atoms with van der Waals surface area (Å²) in [6.45, 7) is 3.70. The molecule has 0 aliphatic carbocycles. The molecular weight excluding hydrogens is 358 g/mol. The number of thioether (sulfide) groups is 1. The molecule has 0 radical (unpaired) electrons. The topological polar surface area (TPSA) is 54.9 Å². The van der Waals surface area contributed by atoms with Crippen molar-refractivity contribution in [2.45, 2.75) is 11.3 Å². The Bertz CT molecular complexity index is 763. The summed E-state index contributed by atoms with van der Waals surface area (Å²) in [5, 5.41) is 2.31. The van der Waals surface area contributed by atoms with E-state index in [1.54, 1.807) is 0 Å². The molecule has 1 aromatic carbocycles. The Labute approximate surface area is 145 Å². The molecule has 0 bridgehead atoms. The van der Waals surface area contributed by atoms with Crippen molar-refractivity contribution in [3.63, 3.8) is 0 Å². The van der Waals surface area contributed by atoms with Gasteiger partial charge in [0.1, 0.15) is 11.5 Å². The summed E-state index contributed by atoms with van der Waals surface area (Å²) >= 11 is 0.779. The van der Waals surface area contributed by atoms with Crippen LogP contribution >= 0.6 is 11.8 Å². The van der Waals surface area contributed by atoms with Crippen molar-refractivity contribution in [2.24, 2.45) is 0 Å². The van der Waals surface area contributed by atoms with Gasteiger partial charge in [0.05, 0.1) is 11.4 Å². The predicted molar refractivity (Wildman–Crippen MR) is 86.4 cm³/mol. The van der Waals surface area contributed by atoms with Crippen LogP contribution in [0.25, 0.3) is 11.3 Å². The van der Waals surface area contributed by atoms with Crippen molar-refractivity contribution in [2.75, 3.05) is 12.3 Å². The van der Waals surface area contributed by atoms with Crippen LogP contribution in [0.1, 0.15) is 5.69 Å². The molecule has 2 rings (SSSR count). The van der Waals surface area contributed by atoms with Gasteiger partial charge in [-0.15, -0.1) is 6.58 Å². The Balaban J connectivity index is 2.29. The van der Waals surface area contributed by atoms with Gasteiger partial charge >= 0.3 is 6.18 Å². The zero-order valence-corrected chi connectivity index (χ0v) is 13.6. The van der Waals surface area contributed by atoms with Gasteiger partial charge in [-0.1, -0.05) is 17.8 Å². The Morgan fingerprint density at radius 3 is 2.52 bits per heavy atom. The maximum atomic E-state index is 13.0. The van der Waals surface area contributed by atoms with Gasteiger partial charge in [-0.2, -0.15) is 13.2 Å². The third kappa shape index (κ3) is 5.56. The summed E-state index contributed by atoms with van der Waals surface area (Å²) < 4.78 is 52.1. The summed E-state index contributed by atoms with van der Waals surface area (Å²) in [6.07, 6.45) is -3.19. The molecule has 1 amide bonds. The smallest absolute Gasteiger partial charge is 0.352 e. The molecule has 0 atom stereocenters. The Morgan fingerprint density at radius 2 is 1.92 bits per heavy atom. The second-order valence-electron chi connectivity index (χ2n) is 4.81. The number of hydrogen-bond acceptors (Lipinski definition) is 4. The minimum absolute atomic E-state index is 0.00340. The van der Waals surface area contributed by atoms with E-state index in [0.717, 1.165) is 30.0 Å². The highest BCUT2D eigenvalue weighted by Crippen LogP contribution is 2.32. The minimum Gasteiger partial charge on any atom is -0.352 e. The number of carbonyl (C=O) groups excluding carboxylic acids is 1. The van der Waals surface area contributed by atoms with Crippen molar-refractivity contribution in [3.05, 3.63) is 54.5 Å². The van der Waals surface area contributed by atoms with E-state index in [4.69, 9.17) is 0 Å². The first kappa shape index (κ1) is 18.9. The molecule has 132 valence electrons. The van der Waals surface area contributed by atoms with E-state index in [9.17, 15) is 22.4 Å². The lowest BCUT2D eigenvalue weighted by Crippen LogP contribution is -2.25. The molecule has 1 aromatic heterocycles. The number of nitrogens with zero attached hydrogens (tertiary/aromatic N) is 2. The van der Waals surface area contributed by atoms with Crippen LogP contribution in [0.5, 0.6) is 0 Å². The van der Waals surface area contributed by atoms with Crippen LogP contribution in [0, 0.1) is 5.82 Å². The average Bonchev–Trinajstić information content (AvgIpc) is 2.57. The third-order valence-corrected chi connectivity index (χ3v) is 3.76. The van der Waals surface area contributed by atoms with Gasteiger partial charge in [0.25, 0.3) is 0 Å². The number of alkyl halides is 3. The summed E-state index contributed by atoms with van der Waals surface area (Å²) in [6, 6.07) is 5.68. The van der Waals surface area contributed by atoms with Crippen molar-refractivity contribution in [3.8, 4) is 11.3 Å². The summed E-state index contributed by atoms with van der Waals surface area (Å²) in [5.41, 5.74) is -0.820. The quantitative estimate of drug-likeness (QED) is 0.364. The Hall–Kier alpha value is -2.42. The van der Waals surface area contributed by atoms with Crippen molar-refractivity contribution in [1.29, 1.82) is 0 Å². The molecule has 0 spiro atoms. The minimum atomic E-state index is -4.67. The molecule has 0 saturated heterocycles. The van der Waals surface area contributed by atoms with Crippen LogP contribution in [-0.4, -0.2) is 28.2 Å². The van der Waals surface area contributed by atoms with Gasteiger partial charge in [-0.3, -0.25) is 4.79 Å². The van der Waals surface area contributed by atoms with Crippen LogP contribution in [0.2, 0.25) is 0 Å². The van der Waals surface area contributed by atoms with Crippen LogP contribution in [0.15, 0.2) is 48.1 Å². The molecule has 0 aliphatic heterocycles. The summed E-state index contributed by atoms with van der Waals surface area (Å²) in [4.78, 5) is 19.0. The van der Waals surface area contributed by atoms with E-state index in [1.165, 1.54) is 18.2 Å². The number of halogens is 4. The van der Waals surface area contributed by atoms with Crippen LogP contribution < -0.4 is 5.32 Å². The van der Waals surface area contributed by atoms with E-state index >= 15 is 0 Å². The molecule has 1 heterocycles. The fourth-order valence-electron chi connectivity index (χ4n) is 1.77. The first-order chi connectivity index (χ1) is 11.8. The number of rotatable bonds is 6. The zero-order valence-electron chi connectivity index (χ0n) is 12.8. The van der Waals surface area contributed by atoms with Gasteiger partial charge in [0.2, 0.25) is 5.91 Å². The van der Waals surface area contributed by atoms with Crippen LogP contribution in [0.3, 0.4) is 0 Å². The molecule has 0 saturated carbocycles. The maximum Gasteiger partial charge on any atom is 0.433 e. The highest BCUT2D eigenvalue weighted by atomic mass is 32.2. The Morgan fingerprint density at radius 1 is 1.24 bits per heavy atom. The Kier molecular flexibility index (Phi) is 6.13. The van der Waals surface area contributed by atoms with Crippen molar-refractivity contribution >= 4 is 17.7 Å². The standard InChI is InChI=1S/C16H13F4N3OS/c1-2-7-21-14(24)9-25-15-22-12(8-13(23-15)16(18,19)20)10-3-5-11(17)6-4-10/h2-6,8H,1,7,9H2,(H,21,24). The summed E-state index contributed by atoms with van der Waals surface area (Å²) in [7, 11) is 0. The molecule has 0 unspecified atom stereocenters. The first-order valence-corrected chi connectivity index (χ1v) is 8.01. The molecule has 1 N–H and O–H groups in total. The largest absolute Gasteiger partial charge is 0.433 e.